The van der Waals surface area contributed by atoms with Crippen molar-refractivity contribution in [3.05, 3.63) is 23.8 Å². The fourth-order valence-electron chi connectivity index (χ4n) is 1.54. The molecule has 100 valence electrons. The summed E-state index contributed by atoms with van der Waals surface area (Å²) in [5.41, 5.74) is 5.35. The molecule has 1 aromatic carbocycles. The average Bonchev–Trinajstić information content (AvgIpc) is 2.36. The van der Waals surface area contributed by atoms with Gasteiger partial charge in [0.15, 0.2) is 0 Å². The summed E-state index contributed by atoms with van der Waals surface area (Å²) in [6.07, 6.45) is -2.82. The molecular formula is C12H17NO5. The Hall–Kier alpha value is -1.79. The van der Waals surface area contributed by atoms with Gasteiger partial charge in [-0.2, -0.15) is 0 Å². The molecule has 0 fully saturated rings. The van der Waals surface area contributed by atoms with Crippen LogP contribution in [-0.2, 0) is 4.79 Å². The summed E-state index contributed by atoms with van der Waals surface area (Å²) in [6, 6.07) is 4.74. The Morgan fingerprint density at radius 1 is 1.22 bits per heavy atom. The molecule has 0 aromatic heterocycles. The van der Waals surface area contributed by atoms with Crippen LogP contribution < -0.4 is 15.2 Å². The van der Waals surface area contributed by atoms with Crippen LogP contribution in [0.2, 0.25) is 0 Å². The van der Waals surface area contributed by atoms with Crippen molar-refractivity contribution in [2.24, 2.45) is 5.73 Å². The lowest BCUT2D eigenvalue weighted by atomic mass is 10.0. The van der Waals surface area contributed by atoms with Crippen molar-refractivity contribution in [2.75, 3.05) is 14.2 Å². The van der Waals surface area contributed by atoms with E-state index >= 15 is 0 Å². The minimum Gasteiger partial charge on any atom is -0.497 e. The van der Waals surface area contributed by atoms with Crippen LogP contribution in [0.5, 0.6) is 11.5 Å². The zero-order valence-corrected chi connectivity index (χ0v) is 10.3. The summed E-state index contributed by atoms with van der Waals surface area (Å²) >= 11 is 0. The van der Waals surface area contributed by atoms with Gasteiger partial charge in [0.25, 0.3) is 0 Å². The molecule has 4 N–H and O–H groups in total. The van der Waals surface area contributed by atoms with Gasteiger partial charge in [-0.1, -0.05) is 0 Å². The molecule has 0 heterocycles. The summed E-state index contributed by atoms with van der Waals surface area (Å²) in [5.74, 6) is 0.278. The smallest absolute Gasteiger partial charge is 0.220 e. The zero-order valence-electron chi connectivity index (χ0n) is 10.3. The molecule has 1 rings (SSSR count). The second kappa shape index (κ2) is 6.23. The fraction of sp³-hybridized carbons (Fsp3) is 0.417. The molecule has 0 aliphatic heterocycles. The molecule has 0 aliphatic carbocycles. The van der Waals surface area contributed by atoms with Crippen LogP contribution >= 0.6 is 0 Å². The monoisotopic (exact) mass is 255 g/mol. The standard InChI is InChI=1S/C12H17NO5/c1-17-8-3-7(4-9(5-8)18-2)12(16)10(14)6-11(13)15/h3-5,10,12,14,16H,6H2,1-2H3,(H2,13,15). The third-order valence-electron chi connectivity index (χ3n) is 2.49. The van der Waals surface area contributed by atoms with Gasteiger partial charge in [0.05, 0.1) is 26.7 Å². The van der Waals surface area contributed by atoms with Crippen LogP contribution in [0.3, 0.4) is 0 Å². The fourth-order valence-corrected chi connectivity index (χ4v) is 1.54. The van der Waals surface area contributed by atoms with Gasteiger partial charge in [0, 0.05) is 6.07 Å². The highest BCUT2D eigenvalue weighted by atomic mass is 16.5. The maximum atomic E-state index is 10.7. The van der Waals surface area contributed by atoms with E-state index < -0.39 is 18.1 Å². The Morgan fingerprint density at radius 2 is 1.72 bits per heavy atom. The molecule has 2 unspecified atom stereocenters. The van der Waals surface area contributed by atoms with Gasteiger partial charge in [-0.25, -0.2) is 0 Å². The maximum Gasteiger partial charge on any atom is 0.220 e. The number of amides is 1. The number of hydrogen-bond donors (Lipinski definition) is 3. The summed E-state index contributed by atoms with van der Waals surface area (Å²) in [7, 11) is 2.95. The lowest BCUT2D eigenvalue weighted by molar-refractivity contribution is -0.121. The number of carbonyl (C=O) groups excluding carboxylic acids is 1. The number of benzene rings is 1. The molecule has 0 radical (unpaired) electrons. The Balaban J connectivity index is 2.96. The van der Waals surface area contributed by atoms with Crippen molar-refractivity contribution in [1.29, 1.82) is 0 Å². The van der Waals surface area contributed by atoms with Gasteiger partial charge in [-0.15, -0.1) is 0 Å². The topological polar surface area (TPSA) is 102 Å². The van der Waals surface area contributed by atoms with E-state index in [-0.39, 0.29) is 6.42 Å². The van der Waals surface area contributed by atoms with Crippen molar-refractivity contribution in [1.82, 2.24) is 0 Å². The first-order chi connectivity index (χ1) is 8.47. The van der Waals surface area contributed by atoms with Gasteiger partial charge < -0.3 is 25.4 Å². The predicted octanol–water partition coefficient (Wildman–Crippen LogP) is -0.0265. The van der Waals surface area contributed by atoms with E-state index in [1.165, 1.54) is 14.2 Å². The second-order valence-corrected chi connectivity index (χ2v) is 3.83. The molecule has 0 aliphatic rings. The van der Waals surface area contributed by atoms with E-state index in [2.05, 4.69) is 0 Å². The summed E-state index contributed by atoms with van der Waals surface area (Å²) < 4.78 is 10.1. The number of carbonyl (C=O) groups is 1. The van der Waals surface area contributed by atoms with E-state index in [1.54, 1.807) is 18.2 Å². The highest BCUT2D eigenvalue weighted by Gasteiger charge is 2.21. The third kappa shape index (κ3) is 3.61. The summed E-state index contributed by atoms with van der Waals surface area (Å²) in [4.78, 5) is 10.7. The summed E-state index contributed by atoms with van der Waals surface area (Å²) in [6.45, 7) is 0. The Kier molecular flexibility index (Phi) is 4.94. The number of aliphatic hydroxyl groups is 2. The lowest BCUT2D eigenvalue weighted by Gasteiger charge is -2.18. The van der Waals surface area contributed by atoms with Gasteiger partial charge in [0.2, 0.25) is 5.91 Å². The Labute approximate surface area is 105 Å². The first-order valence-corrected chi connectivity index (χ1v) is 5.35. The Morgan fingerprint density at radius 3 is 2.11 bits per heavy atom. The molecule has 0 saturated carbocycles. The van der Waals surface area contributed by atoms with E-state index in [0.29, 0.717) is 17.1 Å². The van der Waals surface area contributed by atoms with Crippen LogP contribution in [-0.4, -0.2) is 36.4 Å². The average molecular weight is 255 g/mol. The first-order valence-electron chi connectivity index (χ1n) is 5.35. The van der Waals surface area contributed by atoms with Gasteiger partial charge >= 0.3 is 0 Å². The highest BCUT2D eigenvalue weighted by molar-refractivity contribution is 5.74. The van der Waals surface area contributed by atoms with Crippen molar-refractivity contribution >= 4 is 5.91 Å². The largest absolute Gasteiger partial charge is 0.497 e. The minimum atomic E-state index is -1.26. The molecule has 6 heteroatoms. The van der Waals surface area contributed by atoms with Crippen LogP contribution in [0.4, 0.5) is 0 Å². The van der Waals surface area contributed by atoms with Crippen molar-refractivity contribution in [3.8, 4) is 11.5 Å². The van der Waals surface area contributed by atoms with Crippen LogP contribution in [0.25, 0.3) is 0 Å². The van der Waals surface area contributed by atoms with Gasteiger partial charge in [0.1, 0.15) is 17.6 Å². The molecular weight excluding hydrogens is 238 g/mol. The predicted molar refractivity (Wildman–Crippen MR) is 64.3 cm³/mol. The van der Waals surface area contributed by atoms with Crippen LogP contribution in [0.15, 0.2) is 18.2 Å². The quantitative estimate of drug-likeness (QED) is 0.662. The number of ether oxygens (including phenoxy) is 2. The zero-order chi connectivity index (χ0) is 13.7. The van der Waals surface area contributed by atoms with Crippen LogP contribution in [0.1, 0.15) is 18.1 Å². The van der Waals surface area contributed by atoms with E-state index in [4.69, 9.17) is 15.2 Å². The maximum absolute atomic E-state index is 10.7. The number of nitrogens with two attached hydrogens (primary N) is 1. The number of aliphatic hydroxyl groups excluding tert-OH is 2. The SMILES string of the molecule is COc1cc(OC)cc(C(O)C(O)CC(N)=O)c1. The van der Waals surface area contributed by atoms with Gasteiger partial charge in [-0.3, -0.25) is 4.79 Å². The third-order valence-corrected chi connectivity index (χ3v) is 2.49. The number of primary amides is 1. The molecule has 0 saturated heterocycles. The number of methoxy groups -OCH3 is 2. The van der Waals surface area contributed by atoms with Crippen molar-refractivity contribution in [2.45, 2.75) is 18.6 Å². The molecule has 0 spiro atoms. The first kappa shape index (κ1) is 14.3. The number of rotatable bonds is 6. The second-order valence-electron chi connectivity index (χ2n) is 3.83. The molecule has 0 bridgehead atoms. The molecule has 2 atom stereocenters. The van der Waals surface area contributed by atoms with Gasteiger partial charge in [-0.05, 0) is 17.7 Å². The molecule has 6 nitrogen and oxygen atoms in total. The highest BCUT2D eigenvalue weighted by Crippen LogP contribution is 2.28. The normalized spacial score (nSPS) is 13.8. The summed E-state index contributed by atoms with van der Waals surface area (Å²) in [5, 5.41) is 19.5. The van der Waals surface area contributed by atoms with Crippen LogP contribution in [0, 0.1) is 0 Å². The molecule has 1 aromatic rings. The molecule has 1 amide bonds. The van der Waals surface area contributed by atoms with Crippen molar-refractivity contribution in [3.63, 3.8) is 0 Å². The minimum absolute atomic E-state index is 0.319. The van der Waals surface area contributed by atoms with Crippen molar-refractivity contribution < 1.29 is 24.5 Å². The Bertz CT molecular complexity index is 399. The van der Waals surface area contributed by atoms with E-state index in [9.17, 15) is 15.0 Å². The van der Waals surface area contributed by atoms with E-state index in [1.807, 2.05) is 0 Å². The lowest BCUT2D eigenvalue weighted by Crippen LogP contribution is -2.25. The van der Waals surface area contributed by atoms with E-state index in [0.717, 1.165) is 0 Å². The molecule has 18 heavy (non-hydrogen) atoms. The number of hydrogen-bond acceptors (Lipinski definition) is 5.